The van der Waals surface area contributed by atoms with Gasteiger partial charge in [0.25, 0.3) is 0 Å². The van der Waals surface area contributed by atoms with E-state index in [1.54, 1.807) is 6.20 Å². The summed E-state index contributed by atoms with van der Waals surface area (Å²) in [5, 5.41) is 0. The van der Waals surface area contributed by atoms with Crippen LogP contribution in [-0.4, -0.2) is 25.1 Å². The topological polar surface area (TPSA) is 42.1 Å². The maximum atomic E-state index is 5.75. The van der Waals surface area contributed by atoms with Crippen LogP contribution in [-0.2, 0) is 0 Å². The highest BCUT2D eigenvalue weighted by molar-refractivity contribution is 5.43. The molecule has 76 valence electrons. The zero-order valence-electron chi connectivity index (χ0n) is 8.61. The molecule has 3 nitrogen and oxygen atoms in total. The molecule has 1 aliphatic rings. The summed E-state index contributed by atoms with van der Waals surface area (Å²) in [4.78, 5) is 6.35. The van der Waals surface area contributed by atoms with Crippen molar-refractivity contribution in [3.8, 4) is 0 Å². The maximum Gasteiger partial charge on any atom is 0.0550 e. The number of rotatable bonds is 4. The van der Waals surface area contributed by atoms with Gasteiger partial charge in [-0.05, 0) is 31.5 Å². The molecule has 1 saturated carbocycles. The fourth-order valence-corrected chi connectivity index (χ4v) is 1.78. The predicted molar refractivity (Wildman–Crippen MR) is 58.2 cm³/mol. The van der Waals surface area contributed by atoms with Gasteiger partial charge >= 0.3 is 0 Å². The van der Waals surface area contributed by atoms with Crippen molar-refractivity contribution in [2.24, 2.45) is 11.1 Å². The van der Waals surface area contributed by atoms with E-state index in [2.05, 4.69) is 23.0 Å². The average molecular weight is 191 g/mol. The fourth-order valence-electron chi connectivity index (χ4n) is 1.78. The largest absolute Gasteiger partial charge is 0.373 e. The standard InChI is InChI=1S/C11H17N3/c1-14(9-11(8-12)4-5-11)10-3-2-6-13-7-10/h2-3,6-7H,4-5,8-9,12H2,1H3. The van der Waals surface area contributed by atoms with E-state index in [0.29, 0.717) is 5.41 Å². The number of aromatic nitrogens is 1. The second-order valence-electron chi connectivity index (χ2n) is 4.27. The molecule has 0 spiro atoms. The molecule has 0 saturated heterocycles. The lowest BCUT2D eigenvalue weighted by Gasteiger charge is -2.24. The van der Waals surface area contributed by atoms with Crippen molar-refractivity contribution in [1.29, 1.82) is 0 Å². The zero-order chi connectivity index (χ0) is 10.0. The first-order valence-corrected chi connectivity index (χ1v) is 5.07. The van der Waals surface area contributed by atoms with Crippen molar-refractivity contribution in [3.05, 3.63) is 24.5 Å². The SMILES string of the molecule is CN(CC1(CN)CC1)c1cccnc1. The van der Waals surface area contributed by atoms with Crippen LogP contribution < -0.4 is 10.6 Å². The van der Waals surface area contributed by atoms with Gasteiger partial charge in [-0.25, -0.2) is 0 Å². The minimum Gasteiger partial charge on any atom is -0.373 e. The third-order valence-corrected chi connectivity index (χ3v) is 3.05. The number of hydrogen-bond acceptors (Lipinski definition) is 3. The van der Waals surface area contributed by atoms with Crippen LogP contribution in [0.25, 0.3) is 0 Å². The van der Waals surface area contributed by atoms with E-state index in [0.717, 1.165) is 13.1 Å². The van der Waals surface area contributed by atoms with Crippen LogP contribution in [0.4, 0.5) is 5.69 Å². The van der Waals surface area contributed by atoms with E-state index in [1.807, 2.05) is 12.3 Å². The second kappa shape index (κ2) is 3.58. The molecular weight excluding hydrogens is 174 g/mol. The summed E-state index contributed by atoms with van der Waals surface area (Å²) in [6.45, 7) is 1.85. The van der Waals surface area contributed by atoms with Crippen LogP contribution >= 0.6 is 0 Å². The molecule has 14 heavy (non-hydrogen) atoms. The van der Waals surface area contributed by atoms with Crippen molar-refractivity contribution < 1.29 is 0 Å². The maximum absolute atomic E-state index is 5.75. The second-order valence-corrected chi connectivity index (χ2v) is 4.27. The first kappa shape index (κ1) is 9.46. The fraction of sp³-hybridized carbons (Fsp3) is 0.545. The Morgan fingerprint density at radius 2 is 2.36 bits per heavy atom. The van der Waals surface area contributed by atoms with E-state index < -0.39 is 0 Å². The van der Waals surface area contributed by atoms with Gasteiger partial charge in [0.2, 0.25) is 0 Å². The zero-order valence-corrected chi connectivity index (χ0v) is 8.61. The summed E-state index contributed by atoms with van der Waals surface area (Å²) in [6.07, 6.45) is 6.24. The van der Waals surface area contributed by atoms with Crippen molar-refractivity contribution in [2.75, 3.05) is 25.0 Å². The minimum atomic E-state index is 0.393. The quantitative estimate of drug-likeness (QED) is 0.779. The lowest BCUT2D eigenvalue weighted by molar-refractivity contribution is 0.523. The smallest absolute Gasteiger partial charge is 0.0550 e. The van der Waals surface area contributed by atoms with Crippen molar-refractivity contribution in [1.82, 2.24) is 4.98 Å². The number of anilines is 1. The molecular formula is C11H17N3. The molecule has 1 aliphatic carbocycles. The van der Waals surface area contributed by atoms with E-state index in [-0.39, 0.29) is 0 Å². The van der Waals surface area contributed by atoms with Crippen LogP contribution in [0.1, 0.15) is 12.8 Å². The molecule has 1 aromatic rings. The highest BCUT2D eigenvalue weighted by Crippen LogP contribution is 2.45. The van der Waals surface area contributed by atoms with Gasteiger partial charge in [0.1, 0.15) is 0 Å². The molecule has 0 unspecified atom stereocenters. The van der Waals surface area contributed by atoms with E-state index >= 15 is 0 Å². The number of hydrogen-bond donors (Lipinski definition) is 1. The van der Waals surface area contributed by atoms with Gasteiger partial charge in [-0.1, -0.05) is 0 Å². The minimum absolute atomic E-state index is 0.393. The monoisotopic (exact) mass is 191 g/mol. The third-order valence-electron chi connectivity index (χ3n) is 3.05. The molecule has 3 heteroatoms. The summed E-state index contributed by atoms with van der Waals surface area (Å²) >= 11 is 0. The van der Waals surface area contributed by atoms with Gasteiger partial charge in [0.05, 0.1) is 11.9 Å². The van der Waals surface area contributed by atoms with Crippen molar-refractivity contribution >= 4 is 5.69 Å². The van der Waals surface area contributed by atoms with Gasteiger partial charge in [0.15, 0.2) is 0 Å². The van der Waals surface area contributed by atoms with Crippen molar-refractivity contribution in [2.45, 2.75) is 12.8 Å². The Balaban J connectivity index is 1.99. The Hall–Kier alpha value is -1.09. The lowest BCUT2D eigenvalue weighted by Crippen LogP contribution is -2.31. The summed E-state index contributed by atoms with van der Waals surface area (Å²) in [5.41, 5.74) is 7.32. The number of pyridine rings is 1. The van der Waals surface area contributed by atoms with Crippen LogP contribution in [0.15, 0.2) is 24.5 Å². The molecule has 1 heterocycles. The van der Waals surface area contributed by atoms with Gasteiger partial charge < -0.3 is 10.6 Å². The lowest BCUT2D eigenvalue weighted by atomic mass is 10.1. The molecule has 1 fully saturated rings. The first-order valence-electron chi connectivity index (χ1n) is 5.07. The van der Waals surface area contributed by atoms with Gasteiger partial charge in [-0.15, -0.1) is 0 Å². The Labute approximate surface area is 84.9 Å². The Morgan fingerprint density at radius 3 is 2.86 bits per heavy atom. The van der Waals surface area contributed by atoms with E-state index in [4.69, 9.17) is 5.73 Å². The Kier molecular flexibility index (Phi) is 2.42. The Bertz CT molecular complexity index is 293. The molecule has 0 bridgehead atoms. The van der Waals surface area contributed by atoms with Crippen LogP contribution in [0, 0.1) is 5.41 Å². The highest BCUT2D eigenvalue weighted by atomic mass is 15.1. The normalized spacial score (nSPS) is 17.9. The summed E-state index contributed by atoms with van der Waals surface area (Å²) in [5.74, 6) is 0. The molecule has 0 atom stereocenters. The van der Waals surface area contributed by atoms with Gasteiger partial charge in [-0.2, -0.15) is 0 Å². The molecule has 0 radical (unpaired) electrons. The van der Waals surface area contributed by atoms with Crippen molar-refractivity contribution in [3.63, 3.8) is 0 Å². The Morgan fingerprint density at radius 1 is 1.57 bits per heavy atom. The highest BCUT2D eigenvalue weighted by Gasteiger charge is 2.41. The third kappa shape index (κ3) is 1.87. The number of nitrogens with zero attached hydrogens (tertiary/aromatic N) is 2. The van der Waals surface area contributed by atoms with E-state index in [9.17, 15) is 0 Å². The molecule has 2 N–H and O–H groups in total. The molecule has 2 rings (SSSR count). The van der Waals surface area contributed by atoms with Crippen LogP contribution in [0.2, 0.25) is 0 Å². The molecule has 0 aromatic carbocycles. The van der Waals surface area contributed by atoms with Crippen LogP contribution in [0.5, 0.6) is 0 Å². The predicted octanol–water partition coefficient (Wildman–Crippen LogP) is 1.26. The summed E-state index contributed by atoms with van der Waals surface area (Å²) < 4.78 is 0. The molecule has 0 amide bonds. The summed E-state index contributed by atoms with van der Waals surface area (Å²) in [6, 6.07) is 4.05. The van der Waals surface area contributed by atoms with Gasteiger partial charge in [0, 0.05) is 25.2 Å². The molecule has 1 aromatic heterocycles. The first-order chi connectivity index (χ1) is 6.76. The number of nitrogens with two attached hydrogens (primary N) is 1. The summed E-state index contributed by atoms with van der Waals surface area (Å²) in [7, 11) is 2.10. The van der Waals surface area contributed by atoms with E-state index in [1.165, 1.54) is 18.5 Å². The van der Waals surface area contributed by atoms with Gasteiger partial charge in [-0.3, -0.25) is 4.98 Å². The molecule has 0 aliphatic heterocycles. The van der Waals surface area contributed by atoms with Crippen LogP contribution in [0.3, 0.4) is 0 Å². The average Bonchev–Trinajstić information content (AvgIpc) is 3.00.